The highest BCUT2D eigenvalue weighted by atomic mass is 35.5. The second-order valence-electron chi connectivity index (χ2n) is 3.60. The van der Waals surface area contributed by atoms with Gasteiger partial charge in [-0.3, -0.25) is 0 Å². The molecular formula is C11H16ClNO. The molecule has 78 valence electrons. The third-order valence-corrected chi connectivity index (χ3v) is 2.33. The van der Waals surface area contributed by atoms with Crippen molar-refractivity contribution in [1.82, 2.24) is 0 Å². The fourth-order valence-corrected chi connectivity index (χ4v) is 1.41. The maximum atomic E-state index is 5.99. The van der Waals surface area contributed by atoms with Crippen LogP contribution in [0.5, 0.6) is 5.75 Å². The van der Waals surface area contributed by atoms with Crippen LogP contribution in [0.2, 0.25) is 5.02 Å². The van der Waals surface area contributed by atoms with Crippen molar-refractivity contribution in [2.75, 3.05) is 12.4 Å². The fourth-order valence-electron chi connectivity index (χ4n) is 1.26. The minimum Gasteiger partial charge on any atom is -0.495 e. The van der Waals surface area contributed by atoms with Gasteiger partial charge in [0.05, 0.1) is 12.8 Å². The van der Waals surface area contributed by atoms with Gasteiger partial charge in [-0.05, 0) is 32.4 Å². The molecule has 0 aliphatic heterocycles. The lowest BCUT2D eigenvalue weighted by molar-refractivity contribution is 0.416. The molecule has 1 aromatic rings. The van der Waals surface area contributed by atoms with Gasteiger partial charge in [0.15, 0.2) is 0 Å². The standard InChI is InChI=1S/C11H16ClNO/c1-7(2)13-10-5-8(3)9(12)6-11(10)14-4/h5-7,13H,1-4H3. The number of ether oxygens (including phenoxy) is 1. The van der Waals surface area contributed by atoms with Crippen LogP contribution in [0.1, 0.15) is 19.4 Å². The van der Waals surface area contributed by atoms with E-state index in [9.17, 15) is 0 Å². The lowest BCUT2D eigenvalue weighted by Crippen LogP contribution is -2.10. The Morgan fingerprint density at radius 1 is 1.36 bits per heavy atom. The molecule has 0 radical (unpaired) electrons. The summed E-state index contributed by atoms with van der Waals surface area (Å²) in [7, 11) is 1.65. The molecule has 0 fully saturated rings. The van der Waals surface area contributed by atoms with Gasteiger partial charge in [-0.2, -0.15) is 0 Å². The van der Waals surface area contributed by atoms with Crippen molar-refractivity contribution >= 4 is 17.3 Å². The Morgan fingerprint density at radius 3 is 2.50 bits per heavy atom. The summed E-state index contributed by atoms with van der Waals surface area (Å²) in [5.74, 6) is 0.786. The van der Waals surface area contributed by atoms with Crippen LogP contribution in [0.3, 0.4) is 0 Å². The molecule has 2 nitrogen and oxygen atoms in total. The molecule has 14 heavy (non-hydrogen) atoms. The van der Waals surface area contributed by atoms with Crippen molar-refractivity contribution in [2.24, 2.45) is 0 Å². The van der Waals surface area contributed by atoms with Crippen LogP contribution in [0.25, 0.3) is 0 Å². The van der Waals surface area contributed by atoms with E-state index in [2.05, 4.69) is 19.2 Å². The van der Waals surface area contributed by atoms with Gasteiger partial charge in [0, 0.05) is 17.1 Å². The summed E-state index contributed by atoms with van der Waals surface area (Å²) < 4.78 is 5.24. The number of nitrogens with one attached hydrogen (secondary N) is 1. The Balaban J connectivity index is 3.07. The summed E-state index contributed by atoms with van der Waals surface area (Å²) in [5.41, 5.74) is 2.04. The van der Waals surface area contributed by atoms with Crippen LogP contribution in [0.4, 0.5) is 5.69 Å². The molecule has 1 aromatic carbocycles. The molecule has 0 spiro atoms. The summed E-state index contributed by atoms with van der Waals surface area (Å²) in [5, 5.41) is 4.04. The van der Waals surface area contributed by atoms with Gasteiger partial charge in [0.1, 0.15) is 5.75 Å². The Kier molecular flexibility index (Phi) is 3.64. The maximum Gasteiger partial charge on any atom is 0.143 e. The molecule has 1 rings (SSSR count). The molecule has 3 heteroatoms. The van der Waals surface area contributed by atoms with Crippen LogP contribution >= 0.6 is 11.6 Å². The lowest BCUT2D eigenvalue weighted by Gasteiger charge is -2.15. The Bertz CT molecular complexity index is 323. The molecule has 0 bridgehead atoms. The van der Waals surface area contributed by atoms with Crippen LogP contribution in [-0.4, -0.2) is 13.2 Å². The number of anilines is 1. The molecule has 0 atom stereocenters. The average molecular weight is 214 g/mol. The molecule has 0 saturated carbocycles. The summed E-state index contributed by atoms with van der Waals surface area (Å²) in [4.78, 5) is 0. The number of aryl methyl sites for hydroxylation is 1. The first-order valence-corrected chi connectivity index (χ1v) is 5.03. The van der Waals surface area contributed by atoms with E-state index in [1.54, 1.807) is 7.11 Å². The first-order chi connectivity index (χ1) is 6.54. The highest BCUT2D eigenvalue weighted by Gasteiger charge is 2.07. The molecule has 0 unspecified atom stereocenters. The zero-order valence-corrected chi connectivity index (χ0v) is 9.77. The third-order valence-electron chi connectivity index (χ3n) is 1.92. The van der Waals surface area contributed by atoms with Gasteiger partial charge in [-0.1, -0.05) is 11.6 Å². The molecule has 1 N–H and O–H groups in total. The van der Waals surface area contributed by atoms with E-state index < -0.39 is 0 Å². The van der Waals surface area contributed by atoms with E-state index >= 15 is 0 Å². The van der Waals surface area contributed by atoms with Crippen LogP contribution in [0.15, 0.2) is 12.1 Å². The molecule has 0 saturated heterocycles. The van der Waals surface area contributed by atoms with Crippen LogP contribution in [-0.2, 0) is 0 Å². The van der Waals surface area contributed by atoms with Gasteiger partial charge in [0.25, 0.3) is 0 Å². The van der Waals surface area contributed by atoms with Gasteiger partial charge in [-0.25, -0.2) is 0 Å². The number of rotatable bonds is 3. The fraction of sp³-hybridized carbons (Fsp3) is 0.455. The van der Waals surface area contributed by atoms with E-state index in [-0.39, 0.29) is 0 Å². The topological polar surface area (TPSA) is 21.3 Å². The molecule has 0 aliphatic rings. The number of methoxy groups -OCH3 is 1. The number of benzene rings is 1. The maximum absolute atomic E-state index is 5.99. The minimum atomic E-state index is 0.379. The minimum absolute atomic E-state index is 0.379. The lowest BCUT2D eigenvalue weighted by atomic mass is 10.2. The van der Waals surface area contributed by atoms with Gasteiger partial charge >= 0.3 is 0 Å². The van der Waals surface area contributed by atoms with Crippen molar-refractivity contribution < 1.29 is 4.74 Å². The Hall–Kier alpha value is -0.890. The van der Waals surface area contributed by atoms with E-state index in [4.69, 9.17) is 16.3 Å². The zero-order valence-electron chi connectivity index (χ0n) is 9.02. The molecule has 0 aliphatic carbocycles. The SMILES string of the molecule is COc1cc(Cl)c(C)cc1NC(C)C. The monoisotopic (exact) mass is 213 g/mol. The quantitative estimate of drug-likeness (QED) is 0.830. The average Bonchev–Trinajstić information content (AvgIpc) is 2.10. The predicted molar refractivity (Wildman–Crippen MR) is 61.5 cm³/mol. The van der Waals surface area contributed by atoms with Crippen molar-refractivity contribution in [1.29, 1.82) is 0 Å². The van der Waals surface area contributed by atoms with E-state index in [1.807, 2.05) is 19.1 Å². The van der Waals surface area contributed by atoms with E-state index in [0.29, 0.717) is 6.04 Å². The summed E-state index contributed by atoms with van der Waals surface area (Å²) in [6.07, 6.45) is 0. The Labute approximate surface area is 90.2 Å². The summed E-state index contributed by atoms with van der Waals surface area (Å²) >= 11 is 5.99. The third kappa shape index (κ3) is 2.55. The number of hydrogen-bond acceptors (Lipinski definition) is 2. The van der Waals surface area contributed by atoms with Gasteiger partial charge < -0.3 is 10.1 Å². The first kappa shape index (κ1) is 11.2. The van der Waals surface area contributed by atoms with Crippen molar-refractivity contribution in [3.8, 4) is 5.75 Å². The highest BCUT2D eigenvalue weighted by Crippen LogP contribution is 2.31. The van der Waals surface area contributed by atoms with Crippen LogP contribution < -0.4 is 10.1 Å². The van der Waals surface area contributed by atoms with Crippen LogP contribution in [0, 0.1) is 6.92 Å². The van der Waals surface area contributed by atoms with Gasteiger partial charge in [-0.15, -0.1) is 0 Å². The van der Waals surface area contributed by atoms with Crippen molar-refractivity contribution in [2.45, 2.75) is 26.8 Å². The van der Waals surface area contributed by atoms with Crippen molar-refractivity contribution in [3.63, 3.8) is 0 Å². The Morgan fingerprint density at radius 2 is 2.00 bits per heavy atom. The first-order valence-electron chi connectivity index (χ1n) is 4.65. The van der Waals surface area contributed by atoms with E-state index in [0.717, 1.165) is 22.0 Å². The normalized spacial score (nSPS) is 10.4. The second-order valence-corrected chi connectivity index (χ2v) is 4.01. The summed E-state index contributed by atoms with van der Waals surface area (Å²) in [6.45, 7) is 6.15. The largest absolute Gasteiger partial charge is 0.495 e. The molecular weight excluding hydrogens is 198 g/mol. The number of halogens is 1. The summed E-state index contributed by atoms with van der Waals surface area (Å²) in [6, 6.07) is 4.22. The molecule has 0 aromatic heterocycles. The van der Waals surface area contributed by atoms with Crippen molar-refractivity contribution in [3.05, 3.63) is 22.7 Å². The van der Waals surface area contributed by atoms with Gasteiger partial charge in [0.2, 0.25) is 0 Å². The molecule has 0 amide bonds. The highest BCUT2D eigenvalue weighted by molar-refractivity contribution is 6.31. The smallest absolute Gasteiger partial charge is 0.143 e. The predicted octanol–water partition coefficient (Wildman–Crippen LogP) is 3.48. The van der Waals surface area contributed by atoms with E-state index in [1.165, 1.54) is 0 Å². The molecule has 0 heterocycles. The second kappa shape index (κ2) is 4.56. The number of hydrogen-bond donors (Lipinski definition) is 1. The zero-order chi connectivity index (χ0) is 10.7.